The van der Waals surface area contributed by atoms with Gasteiger partial charge in [0.2, 0.25) is 0 Å². The van der Waals surface area contributed by atoms with Gasteiger partial charge in [-0.1, -0.05) is 63.9 Å². The Balaban J connectivity index is 1.47. The molecule has 0 N–H and O–H groups in total. The van der Waals surface area contributed by atoms with Crippen LogP contribution < -0.4 is 0 Å². The van der Waals surface area contributed by atoms with Gasteiger partial charge in [-0.05, 0) is 53.7 Å². The Morgan fingerprint density at radius 2 is 1.74 bits per heavy atom. The first-order valence-corrected chi connectivity index (χ1v) is 12.4. The summed E-state index contributed by atoms with van der Waals surface area (Å²) in [5, 5.41) is 0.705. The van der Waals surface area contributed by atoms with Gasteiger partial charge in [-0.15, -0.1) is 0 Å². The van der Waals surface area contributed by atoms with Crippen LogP contribution in [0.25, 0.3) is 17.0 Å². The Kier molecular flexibility index (Phi) is 6.34. The molecule has 0 bridgehead atoms. The second kappa shape index (κ2) is 9.41. The van der Waals surface area contributed by atoms with Crippen molar-refractivity contribution in [3.8, 4) is 0 Å². The van der Waals surface area contributed by atoms with Crippen molar-refractivity contribution in [1.82, 2.24) is 9.47 Å². The highest BCUT2D eigenvalue weighted by molar-refractivity contribution is 9.10. The van der Waals surface area contributed by atoms with Gasteiger partial charge in [0.1, 0.15) is 5.82 Å². The van der Waals surface area contributed by atoms with Crippen LogP contribution in [-0.2, 0) is 17.9 Å². The Labute approximate surface area is 213 Å². The van der Waals surface area contributed by atoms with E-state index in [9.17, 15) is 14.0 Å². The quantitative estimate of drug-likeness (QED) is 0.240. The number of imide groups is 1. The summed E-state index contributed by atoms with van der Waals surface area (Å²) >= 11 is 10.4. The summed E-state index contributed by atoms with van der Waals surface area (Å²) < 4.78 is 17.4. The standard InChI is InChI=1S/C26H17BrClFN2O2S/c27-18-10-8-16(9-11-18)13-30-14-17(19-4-1-2-7-23(19)30)12-24-25(32)31(26(33)34-24)15-20-21(28)5-3-6-22(20)29/h1-12,14H,13,15H2/b24-12-. The smallest absolute Gasteiger partial charge is 0.293 e. The normalized spacial score (nSPS) is 15.1. The first-order valence-electron chi connectivity index (χ1n) is 10.4. The zero-order valence-electron chi connectivity index (χ0n) is 17.7. The number of fused-ring (bicyclic) bond motifs is 1. The number of carbonyl (C=O) groups is 2. The van der Waals surface area contributed by atoms with Crippen LogP contribution >= 0.6 is 39.3 Å². The van der Waals surface area contributed by atoms with E-state index in [0.717, 1.165) is 43.2 Å². The minimum Gasteiger partial charge on any atom is -0.342 e. The van der Waals surface area contributed by atoms with Crippen LogP contribution in [0.3, 0.4) is 0 Å². The Hall–Kier alpha value is -2.87. The molecule has 2 amide bonds. The van der Waals surface area contributed by atoms with E-state index in [4.69, 9.17) is 11.6 Å². The number of para-hydroxylation sites is 1. The van der Waals surface area contributed by atoms with Crippen LogP contribution in [-0.4, -0.2) is 20.6 Å². The average Bonchev–Trinajstić information content (AvgIpc) is 3.29. The zero-order valence-corrected chi connectivity index (χ0v) is 20.8. The summed E-state index contributed by atoms with van der Waals surface area (Å²) in [6.07, 6.45) is 3.71. The fourth-order valence-electron chi connectivity index (χ4n) is 3.93. The van der Waals surface area contributed by atoms with Crippen molar-refractivity contribution in [3.63, 3.8) is 0 Å². The highest BCUT2D eigenvalue weighted by atomic mass is 79.9. The van der Waals surface area contributed by atoms with E-state index < -0.39 is 17.0 Å². The first kappa shape index (κ1) is 22.9. The predicted molar refractivity (Wildman–Crippen MR) is 138 cm³/mol. The third kappa shape index (κ3) is 4.43. The van der Waals surface area contributed by atoms with Crippen LogP contribution in [0.15, 0.2) is 82.3 Å². The Morgan fingerprint density at radius 3 is 2.50 bits per heavy atom. The number of aromatic nitrogens is 1. The number of rotatable bonds is 5. The van der Waals surface area contributed by atoms with Gasteiger partial charge in [0.15, 0.2) is 0 Å². The summed E-state index contributed by atoms with van der Waals surface area (Å²) in [7, 11) is 0. The van der Waals surface area contributed by atoms with Crippen LogP contribution in [0.4, 0.5) is 9.18 Å². The highest BCUT2D eigenvalue weighted by Gasteiger charge is 2.36. The van der Waals surface area contributed by atoms with Gasteiger partial charge >= 0.3 is 0 Å². The molecule has 0 saturated carbocycles. The minimum atomic E-state index is -0.549. The van der Waals surface area contributed by atoms with E-state index in [1.165, 1.54) is 18.2 Å². The summed E-state index contributed by atoms with van der Waals surface area (Å²) in [5.74, 6) is -1.01. The van der Waals surface area contributed by atoms with E-state index in [1.807, 2.05) is 42.6 Å². The van der Waals surface area contributed by atoms with E-state index in [2.05, 4.69) is 32.6 Å². The number of benzene rings is 3. The molecule has 8 heteroatoms. The van der Waals surface area contributed by atoms with Crippen LogP contribution in [0.1, 0.15) is 16.7 Å². The van der Waals surface area contributed by atoms with Gasteiger partial charge in [-0.3, -0.25) is 14.5 Å². The minimum absolute atomic E-state index is 0.124. The lowest BCUT2D eigenvalue weighted by Crippen LogP contribution is -2.28. The van der Waals surface area contributed by atoms with Crippen LogP contribution in [0, 0.1) is 5.82 Å². The lowest BCUT2D eigenvalue weighted by Gasteiger charge is -2.14. The maximum Gasteiger partial charge on any atom is 0.293 e. The monoisotopic (exact) mass is 554 g/mol. The molecular formula is C26H17BrClFN2O2S. The second-order valence-electron chi connectivity index (χ2n) is 7.82. The second-order valence-corrected chi connectivity index (χ2v) is 10.1. The topological polar surface area (TPSA) is 42.3 Å². The summed E-state index contributed by atoms with van der Waals surface area (Å²) in [5.41, 5.74) is 3.12. The molecule has 1 aliphatic heterocycles. The molecule has 3 aromatic carbocycles. The maximum absolute atomic E-state index is 14.2. The molecule has 0 aliphatic carbocycles. The molecule has 1 aliphatic rings. The highest BCUT2D eigenvalue weighted by Crippen LogP contribution is 2.36. The van der Waals surface area contributed by atoms with Crippen molar-refractivity contribution in [2.24, 2.45) is 0 Å². The summed E-state index contributed by atoms with van der Waals surface area (Å²) in [6.45, 7) is 0.452. The molecule has 0 unspecified atom stereocenters. The molecule has 1 saturated heterocycles. The molecule has 0 radical (unpaired) electrons. The number of nitrogens with zero attached hydrogens (tertiary/aromatic N) is 2. The van der Waals surface area contributed by atoms with Gasteiger partial charge in [-0.25, -0.2) is 4.39 Å². The van der Waals surface area contributed by atoms with E-state index >= 15 is 0 Å². The molecule has 0 atom stereocenters. The molecule has 170 valence electrons. The fraction of sp³-hybridized carbons (Fsp3) is 0.0769. The molecule has 4 nitrogen and oxygen atoms in total. The van der Waals surface area contributed by atoms with Crippen LogP contribution in [0.5, 0.6) is 0 Å². The van der Waals surface area contributed by atoms with Crippen molar-refractivity contribution >= 4 is 67.4 Å². The molecule has 1 fully saturated rings. The SMILES string of the molecule is O=C1S/C(=C\c2cn(Cc3ccc(Br)cc3)c3ccccc23)C(=O)N1Cc1c(F)cccc1Cl. The summed E-state index contributed by atoms with van der Waals surface area (Å²) in [4.78, 5) is 27.0. The molecule has 4 aromatic rings. The van der Waals surface area contributed by atoms with Crippen LogP contribution in [0.2, 0.25) is 5.02 Å². The van der Waals surface area contributed by atoms with Gasteiger partial charge in [0.25, 0.3) is 11.1 Å². The average molecular weight is 556 g/mol. The number of carbonyl (C=O) groups excluding carboxylic acids is 2. The Bertz CT molecular complexity index is 1450. The molecular weight excluding hydrogens is 539 g/mol. The molecule has 34 heavy (non-hydrogen) atoms. The number of hydrogen-bond acceptors (Lipinski definition) is 3. The third-order valence-electron chi connectivity index (χ3n) is 5.62. The van der Waals surface area contributed by atoms with E-state index in [0.29, 0.717) is 11.4 Å². The van der Waals surface area contributed by atoms with Crippen molar-refractivity contribution in [2.75, 3.05) is 0 Å². The molecule has 2 heterocycles. The largest absolute Gasteiger partial charge is 0.342 e. The van der Waals surface area contributed by atoms with E-state index in [1.54, 1.807) is 6.08 Å². The Morgan fingerprint density at radius 1 is 0.971 bits per heavy atom. The zero-order chi connectivity index (χ0) is 23.8. The van der Waals surface area contributed by atoms with Crippen molar-refractivity contribution in [2.45, 2.75) is 13.1 Å². The number of halogens is 3. The van der Waals surface area contributed by atoms with E-state index in [-0.39, 0.29) is 17.1 Å². The molecule has 1 aromatic heterocycles. The van der Waals surface area contributed by atoms with Crippen molar-refractivity contribution < 1.29 is 14.0 Å². The number of hydrogen-bond donors (Lipinski definition) is 0. The van der Waals surface area contributed by atoms with Gasteiger partial charge in [-0.2, -0.15) is 0 Å². The fourth-order valence-corrected chi connectivity index (χ4v) is 5.24. The van der Waals surface area contributed by atoms with Crippen molar-refractivity contribution in [3.05, 3.63) is 110 Å². The lowest BCUT2D eigenvalue weighted by molar-refractivity contribution is -0.123. The predicted octanol–water partition coefficient (Wildman–Crippen LogP) is 7.48. The lowest BCUT2D eigenvalue weighted by atomic mass is 10.1. The first-order chi connectivity index (χ1) is 16.4. The van der Waals surface area contributed by atoms with Crippen molar-refractivity contribution in [1.29, 1.82) is 0 Å². The molecule has 5 rings (SSSR count). The maximum atomic E-state index is 14.2. The number of thioether (sulfide) groups is 1. The number of amides is 2. The third-order valence-corrected chi connectivity index (χ3v) is 7.41. The van der Waals surface area contributed by atoms with Gasteiger partial charge < -0.3 is 4.57 Å². The summed E-state index contributed by atoms with van der Waals surface area (Å²) in [6, 6.07) is 20.3. The van der Waals surface area contributed by atoms with Gasteiger partial charge in [0.05, 0.1) is 11.4 Å². The molecule has 0 spiro atoms. The van der Waals surface area contributed by atoms with Gasteiger partial charge in [0, 0.05) is 44.3 Å².